The number of allylic oxidation sites excluding steroid dienone is 1. The number of rotatable bonds is 4. The molecule has 3 aliphatic rings. The topological polar surface area (TPSA) is 24.8 Å². The van der Waals surface area contributed by atoms with Gasteiger partial charge in [0.2, 0.25) is 0 Å². The van der Waals surface area contributed by atoms with Gasteiger partial charge in [0.05, 0.1) is 25.1 Å². The van der Waals surface area contributed by atoms with Crippen molar-refractivity contribution in [3.8, 4) is 5.75 Å². The number of nitrogens with zero attached hydrogens (tertiary/aromatic N) is 2. The van der Waals surface area contributed by atoms with E-state index >= 15 is 0 Å². The quantitative estimate of drug-likeness (QED) is 0.829. The Balaban J connectivity index is 1.66. The Labute approximate surface area is 149 Å². The van der Waals surface area contributed by atoms with E-state index in [9.17, 15) is 0 Å². The highest BCUT2D eigenvalue weighted by molar-refractivity contribution is 6.06. The van der Waals surface area contributed by atoms with Gasteiger partial charge in [0, 0.05) is 24.6 Å². The van der Waals surface area contributed by atoms with Gasteiger partial charge >= 0.3 is 0 Å². The number of piperidine rings is 3. The second-order valence-corrected chi connectivity index (χ2v) is 6.71. The number of methoxy groups -OCH3 is 1. The fourth-order valence-corrected chi connectivity index (χ4v) is 3.85. The van der Waals surface area contributed by atoms with E-state index in [0.717, 1.165) is 24.4 Å². The average molecular weight is 332 g/mol. The van der Waals surface area contributed by atoms with Crippen LogP contribution in [0.3, 0.4) is 0 Å². The van der Waals surface area contributed by atoms with Crippen LogP contribution < -0.4 is 4.74 Å². The van der Waals surface area contributed by atoms with Gasteiger partial charge in [-0.05, 0) is 30.5 Å². The summed E-state index contributed by atoms with van der Waals surface area (Å²) in [5.41, 5.74) is 4.97. The standard InChI is InChI=1S/C22H24N2O/c1-25-21-10-6-5-9-19(21)16-23-22-18-11-13-24(14-12-18)20(22)15-17-7-3-2-4-8-17/h2-10,15,18H,11-14,16H2,1H3/b20-15+,23-22?. The lowest BCUT2D eigenvalue weighted by molar-refractivity contribution is 0.242. The van der Waals surface area contributed by atoms with Crippen molar-refractivity contribution in [2.45, 2.75) is 19.4 Å². The van der Waals surface area contributed by atoms with Gasteiger partial charge in [0.1, 0.15) is 5.75 Å². The van der Waals surface area contributed by atoms with Crippen molar-refractivity contribution in [1.29, 1.82) is 0 Å². The molecule has 0 spiro atoms. The zero-order valence-electron chi connectivity index (χ0n) is 14.7. The van der Waals surface area contributed by atoms with E-state index in [0.29, 0.717) is 12.5 Å². The van der Waals surface area contributed by atoms with Crippen LogP contribution in [0.1, 0.15) is 24.0 Å². The molecule has 3 saturated heterocycles. The van der Waals surface area contributed by atoms with Crippen molar-refractivity contribution < 1.29 is 4.74 Å². The molecule has 3 nitrogen and oxygen atoms in total. The smallest absolute Gasteiger partial charge is 0.123 e. The SMILES string of the molecule is COc1ccccc1CN=C1/C(=C\c2ccccc2)N2CCC1CC2. The molecule has 2 bridgehead atoms. The lowest BCUT2D eigenvalue weighted by Gasteiger charge is -2.43. The molecule has 3 fully saturated rings. The zero-order valence-corrected chi connectivity index (χ0v) is 14.7. The fourth-order valence-electron chi connectivity index (χ4n) is 3.85. The summed E-state index contributed by atoms with van der Waals surface area (Å²) in [6.07, 6.45) is 4.74. The van der Waals surface area contributed by atoms with Crippen molar-refractivity contribution in [3.05, 3.63) is 71.4 Å². The van der Waals surface area contributed by atoms with Gasteiger partial charge in [0.15, 0.2) is 0 Å². The number of benzene rings is 2. The van der Waals surface area contributed by atoms with Gasteiger partial charge in [-0.3, -0.25) is 4.99 Å². The minimum atomic E-state index is 0.592. The summed E-state index contributed by atoms with van der Waals surface area (Å²) in [5, 5.41) is 0. The Bertz CT molecular complexity index is 787. The van der Waals surface area contributed by atoms with Gasteiger partial charge in [0.25, 0.3) is 0 Å². The number of ether oxygens (including phenoxy) is 1. The summed E-state index contributed by atoms with van der Waals surface area (Å²) in [4.78, 5) is 7.54. The molecule has 0 aromatic heterocycles. The first-order valence-electron chi connectivity index (χ1n) is 9.03. The van der Waals surface area contributed by atoms with E-state index in [1.807, 2.05) is 12.1 Å². The molecule has 5 rings (SSSR count). The van der Waals surface area contributed by atoms with Crippen molar-refractivity contribution in [3.63, 3.8) is 0 Å². The highest BCUT2D eigenvalue weighted by Gasteiger charge is 2.34. The number of fused-ring (bicyclic) bond motifs is 3. The summed E-state index contributed by atoms with van der Waals surface area (Å²) >= 11 is 0. The lowest BCUT2D eigenvalue weighted by Crippen LogP contribution is -2.46. The monoisotopic (exact) mass is 332 g/mol. The second kappa shape index (κ2) is 7.14. The first-order chi connectivity index (χ1) is 12.3. The minimum absolute atomic E-state index is 0.592. The number of hydrogen-bond acceptors (Lipinski definition) is 3. The van der Waals surface area contributed by atoms with Crippen LogP contribution >= 0.6 is 0 Å². The molecular weight excluding hydrogens is 308 g/mol. The highest BCUT2D eigenvalue weighted by Crippen LogP contribution is 2.34. The van der Waals surface area contributed by atoms with E-state index in [4.69, 9.17) is 9.73 Å². The third-order valence-electron chi connectivity index (χ3n) is 5.20. The Kier molecular flexibility index (Phi) is 4.55. The molecule has 128 valence electrons. The van der Waals surface area contributed by atoms with Gasteiger partial charge < -0.3 is 9.64 Å². The maximum Gasteiger partial charge on any atom is 0.123 e. The number of hydrogen-bond donors (Lipinski definition) is 0. The molecule has 3 heterocycles. The Morgan fingerprint density at radius 2 is 1.76 bits per heavy atom. The first-order valence-corrected chi connectivity index (χ1v) is 9.03. The van der Waals surface area contributed by atoms with Crippen LogP contribution in [0.5, 0.6) is 5.75 Å². The number of para-hydroxylation sites is 1. The van der Waals surface area contributed by atoms with E-state index in [1.54, 1.807) is 7.11 Å². The fraction of sp³-hybridized carbons (Fsp3) is 0.318. The Morgan fingerprint density at radius 3 is 2.52 bits per heavy atom. The minimum Gasteiger partial charge on any atom is -0.496 e. The van der Waals surface area contributed by atoms with Crippen molar-refractivity contribution >= 4 is 11.8 Å². The van der Waals surface area contributed by atoms with Crippen molar-refractivity contribution in [2.24, 2.45) is 10.9 Å². The van der Waals surface area contributed by atoms with E-state index in [1.165, 1.54) is 29.8 Å². The maximum atomic E-state index is 5.48. The van der Waals surface area contributed by atoms with Crippen molar-refractivity contribution in [2.75, 3.05) is 20.2 Å². The Hall–Kier alpha value is -2.55. The summed E-state index contributed by atoms with van der Waals surface area (Å²) in [6.45, 7) is 2.98. The van der Waals surface area contributed by atoms with Crippen LogP contribution in [0.2, 0.25) is 0 Å². The maximum absolute atomic E-state index is 5.48. The van der Waals surface area contributed by atoms with Crippen LogP contribution in [-0.4, -0.2) is 30.8 Å². The van der Waals surface area contributed by atoms with Crippen LogP contribution in [0.4, 0.5) is 0 Å². The Morgan fingerprint density at radius 1 is 1.04 bits per heavy atom. The molecule has 25 heavy (non-hydrogen) atoms. The summed E-state index contributed by atoms with van der Waals surface area (Å²) in [5.74, 6) is 1.51. The van der Waals surface area contributed by atoms with Crippen LogP contribution in [0.25, 0.3) is 6.08 Å². The molecule has 2 aromatic rings. The van der Waals surface area contributed by atoms with Gasteiger partial charge in [-0.15, -0.1) is 0 Å². The third-order valence-corrected chi connectivity index (χ3v) is 5.20. The summed E-state index contributed by atoms with van der Waals surface area (Å²) < 4.78 is 5.48. The molecule has 0 aliphatic carbocycles. The normalized spacial score (nSPS) is 20.4. The molecule has 0 radical (unpaired) electrons. The predicted octanol–water partition coefficient (Wildman–Crippen LogP) is 4.40. The molecule has 0 unspecified atom stereocenters. The average Bonchev–Trinajstić information content (AvgIpc) is 2.69. The molecule has 2 aromatic carbocycles. The molecular formula is C22H24N2O. The largest absolute Gasteiger partial charge is 0.496 e. The van der Waals surface area contributed by atoms with Gasteiger partial charge in [-0.2, -0.15) is 0 Å². The number of aliphatic imine (C=N–C) groups is 1. The summed E-state index contributed by atoms with van der Waals surface area (Å²) in [7, 11) is 1.72. The summed E-state index contributed by atoms with van der Waals surface area (Å²) in [6, 6.07) is 18.7. The molecule has 3 aliphatic heterocycles. The zero-order chi connectivity index (χ0) is 17.1. The van der Waals surface area contributed by atoms with Crippen molar-refractivity contribution in [1.82, 2.24) is 4.90 Å². The molecule has 3 heteroatoms. The molecule has 0 saturated carbocycles. The van der Waals surface area contributed by atoms with Crippen LogP contribution in [0, 0.1) is 5.92 Å². The predicted molar refractivity (Wildman–Crippen MR) is 103 cm³/mol. The molecule has 0 N–H and O–H groups in total. The van der Waals surface area contributed by atoms with E-state index < -0.39 is 0 Å². The molecule has 0 amide bonds. The van der Waals surface area contributed by atoms with Gasteiger partial charge in [-0.1, -0.05) is 48.5 Å². The van der Waals surface area contributed by atoms with Crippen LogP contribution in [-0.2, 0) is 6.54 Å². The first kappa shape index (κ1) is 15.9. The third kappa shape index (κ3) is 3.32. The van der Waals surface area contributed by atoms with E-state index in [-0.39, 0.29) is 0 Å². The van der Waals surface area contributed by atoms with Crippen LogP contribution in [0.15, 0.2) is 65.3 Å². The lowest BCUT2D eigenvalue weighted by atomic mass is 9.83. The second-order valence-electron chi connectivity index (χ2n) is 6.71. The highest BCUT2D eigenvalue weighted by atomic mass is 16.5. The molecule has 0 atom stereocenters. The van der Waals surface area contributed by atoms with E-state index in [2.05, 4.69) is 53.4 Å². The van der Waals surface area contributed by atoms with Gasteiger partial charge in [-0.25, -0.2) is 0 Å².